The van der Waals surface area contributed by atoms with Gasteiger partial charge in [-0.3, -0.25) is 0 Å². The summed E-state index contributed by atoms with van der Waals surface area (Å²) in [5.74, 6) is 0. The van der Waals surface area contributed by atoms with Crippen LogP contribution in [-0.4, -0.2) is 0 Å². The number of fused-ring (bicyclic) bond motifs is 14. The lowest BCUT2D eigenvalue weighted by Crippen LogP contribution is -2.16. The summed E-state index contributed by atoms with van der Waals surface area (Å²) in [6.45, 7) is 4.74. The number of hydrogen-bond donors (Lipinski definition) is 0. The Balaban J connectivity index is 1.20. The SMILES string of the molecule is CC1(C)c2ccccc2-c2ccc(N(c3ccc4c(c3)-c3ccccc3-c3ccccc3-c3ccccc3-4)c3cccc4c3sc3ccccc34)cc21. The van der Waals surface area contributed by atoms with Gasteiger partial charge in [0.05, 0.1) is 10.4 Å². The van der Waals surface area contributed by atoms with Gasteiger partial charge in [0.2, 0.25) is 0 Å². The van der Waals surface area contributed by atoms with Gasteiger partial charge in [-0.2, -0.15) is 0 Å². The number of rotatable bonds is 3. The van der Waals surface area contributed by atoms with Crippen LogP contribution >= 0.6 is 11.3 Å². The van der Waals surface area contributed by atoms with E-state index in [-0.39, 0.29) is 5.41 Å². The van der Waals surface area contributed by atoms with E-state index in [2.05, 4.69) is 195 Å². The van der Waals surface area contributed by atoms with Crippen LogP contribution in [0.2, 0.25) is 0 Å². The molecule has 0 bridgehead atoms. The number of anilines is 3. The summed E-state index contributed by atoms with van der Waals surface area (Å²) in [5.41, 5.74) is 18.9. The van der Waals surface area contributed by atoms with E-state index in [9.17, 15) is 0 Å². The molecule has 250 valence electrons. The van der Waals surface area contributed by atoms with Gasteiger partial charge in [-0.1, -0.05) is 153 Å². The smallest absolute Gasteiger partial charge is 0.0640 e. The maximum atomic E-state index is 2.51. The first-order valence-electron chi connectivity index (χ1n) is 18.4. The maximum Gasteiger partial charge on any atom is 0.0640 e. The lowest BCUT2D eigenvalue weighted by Gasteiger charge is -2.30. The zero-order valence-electron chi connectivity index (χ0n) is 29.6. The Kier molecular flexibility index (Phi) is 6.53. The minimum Gasteiger partial charge on any atom is -0.309 e. The van der Waals surface area contributed by atoms with Gasteiger partial charge < -0.3 is 4.90 Å². The van der Waals surface area contributed by atoms with Crippen LogP contribution in [0.1, 0.15) is 25.0 Å². The molecule has 2 heteroatoms. The van der Waals surface area contributed by atoms with E-state index in [4.69, 9.17) is 0 Å². The summed E-state index contributed by atoms with van der Waals surface area (Å²) in [5, 5.41) is 2.60. The molecule has 8 aromatic carbocycles. The van der Waals surface area contributed by atoms with Gasteiger partial charge in [0.25, 0.3) is 0 Å². The molecule has 11 rings (SSSR count). The molecule has 2 aliphatic carbocycles. The van der Waals surface area contributed by atoms with E-state index in [0.717, 1.165) is 5.69 Å². The van der Waals surface area contributed by atoms with Crippen LogP contribution < -0.4 is 4.90 Å². The van der Waals surface area contributed by atoms with Crippen molar-refractivity contribution < 1.29 is 0 Å². The van der Waals surface area contributed by atoms with Gasteiger partial charge in [-0.05, 0) is 103 Å². The van der Waals surface area contributed by atoms with Crippen molar-refractivity contribution >= 4 is 48.6 Å². The highest BCUT2D eigenvalue weighted by molar-refractivity contribution is 7.26. The summed E-state index contributed by atoms with van der Waals surface area (Å²) in [6.07, 6.45) is 0. The zero-order chi connectivity index (χ0) is 35.3. The Hall–Kier alpha value is -6.22. The Morgan fingerprint density at radius 1 is 0.377 bits per heavy atom. The quantitative estimate of drug-likeness (QED) is 0.178. The molecule has 0 unspecified atom stereocenters. The summed E-state index contributed by atoms with van der Waals surface area (Å²) in [7, 11) is 0. The number of benzene rings is 8. The van der Waals surface area contributed by atoms with E-state index in [0.29, 0.717) is 0 Å². The molecule has 0 saturated heterocycles. The fourth-order valence-corrected chi connectivity index (χ4v) is 10.4. The number of hydrogen-bond acceptors (Lipinski definition) is 2. The number of thiophene rings is 1. The van der Waals surface area contributed by atoms with E-state index >= 15 is 0 Å². The molecule has 1 heterocycles. The lowest BCUT2D eigenvalue weighted by atomic mass is 9.80. The van der Waals surface area contributed by atoms with Gasteiger partial charge >= 0.3 is 0 Å². The second-order valence-corrected chi connectivity index (χ2v) is 15.9. The Labute approximate surface area is 314 Å². The molecule has 0 saturated carbocycles. The summed E-state index contributed by atoms with van der Waals surface area (Å²) in [6, 6.07) is 65.5. The highest BCUT2D eigenvalue weighted by Gasteiger charge is 2.36. The van der Waals surface area contributed by atoms with E-state index in [1.54, 1.807) is 0 Å². The van der Waals surface area contributed by atoms with Crippen molar-refractivity contribution in [3.8, 4) is 55.6 Å². The molecule has 0 aliphatic heterocycles. The molecule has 0 N–H and O–H groups in total. The highest BCUT2D eigenvalue weighted by Crippen LogP contribution is 2.53. The van der Waals surface area contributed by atoms with Gasteiger partial charge in [0.15, 0.2) is 0 Å². The predicted octanol–water partition coefficient (Wildman–Crippen LogP) is 14.8. The van der Waals surface area contributed by atoms with Crippen LogP contribution in [0.25, 0.3) is 75.8 Å². The standard InChI is InChI=1S/C51H35NS/c1-51(2)46-23-11-9-20-41(46)42-29-27-33(31-47(42)51)52(48-24-13-22-44-43-21-10-12-25-49(43)53-50(44)48)32-26-28-40-38-18-6-5-16-36(38)34-14-3-4-15-35(34)37-17-7-8-19-39(37)45(40)30-32/h3-31H,1-2H3. The van der Waals surface area contributed by atoms with Crippen LogP contribution in [0.4, 0.5) is 17.1 Å². The maximum absolute atomic E-state index is 2.51. The Morgan fingerprint density at radius 2 is 0.849 bits per heavy atom. The van der Waals surface area contributed by atoms with Crippen LogP contribution in [0.15, 0.2) is 176 Å². The molecule has 9 aromatic rings. The van der Waals surface area contributed by atoms with Crippen molar-refractivity contribution in [3.05, 3.63) is 187 Å². The fourth-order valence-electron chi connectivity index (χ4n) is 9.15. The van der Waals surface area contributed by atoms with Crippen LogP contribution in [0, 0.1) is 0 Å². The largest absolute Gasteiger partial charge is 0.309 e. The Morgan fingerprint density at radius 3 is 1.51 bits per heavy atom. The third-order valence-corrected chi connectivity index (χ3v) is 12.9. The van der Waals surface area contributed by atoms with Gasteiger partial charge in [0.1, 0.15) is 0 Å². The first kappa shape index (κ1) is 30.4. The number of nitrogens with zero attached hydrogens (tertiary/aromatic N) is 1. The molecular weight excluding hydrogens is 659 g/mol. The molecule has 0 atom stereocenters. The van der Waals surface area contributed by atoms with Gasteiger partial charge in [0, 0.05) is 32.3 Å². The van der Waals surface area contributed by atoms with Crippen molar-refractivity contribution in [1.29, 1.82) is 0 Å². The van der Waals surface area contributed by atoms with E-state index < -0.39 is 0 Å². The molecule has 2 aliphatic rings. The second kappa shape index (κ2) is 11.4. The predicted molar refractivity (Wildman–Crippen MR) is 227 cm³/mol. The van der Waals surface area contributed by atoms with E-state index in [1.807, 2.05) is 11.3 Å². The van der Waals surface area contributed by atoms with Crippen molar-refractivity contribution in [2.75, 3.05) is 4.90 Å². The fraction of sp³-hybridized carbons (Fsp3) is 0.0588. The average Bonchev–Trinajstić information content (AvgIpc) is 3.70. The topological polar surface area (TPSA) is 3.24 Å². The van der Waals surface area contributed by atoms with Crippen molar-refractivity contribution in [3.63, 3.8) is 0 Å². The summed E-state index contributed by atoms with van der Waals surface area (Å²) >= 11 is 1.89. The average molecular weight is 694 g/mol. The van der Waals surface area contributed by atoms with Gasteiger partial charge in [-0.15, -0.1) is 11.3 Å². The second-order valence-electron chi connectivity index (χ2n) is 14.9. The normalized spacial score (nSPS) is 13.2. The first-order valence-corrected chi connectivity index (χ1v) is 19.3. The minimum absolute atomic E-state index is 0.112. The molecule has 0 radical (unpaired) electrons. The summed E-state index contributed by atoms with van der Waals surface area (Å²) in [4.78, 5) is 2.51. The summed E-state index contributed by atoms with van der Waals surface area (Å²) < 4.78 is 2.60. The molecule has 0 amide bonds. The monoisotopic (exact) mass is 693 g/mol. The Bertz CT molecular complexity index is 2940. The minimum atomic E-state index is -0.112. The van der Waals surface area contributed by atoms with Crippen molar-refractivity contribution in [1.82, 2.24) is 0 Å². The lowest BCUT2D eigenvalue weighted by molar-refractivity contribution is 0.660. The van der Waals surface area contributed by atoms with Crippen LogP contribution in [0.5, 0.6) is 0 Å². The van der Waals surface area contributed by atoms with Gasteiger partial charge in [-0.25, -0.2) is 0 Å². The van der Waals surface area contributed by atoms with Crippen LogP contribution in [-0.2, 0) is 5.41 Å². The molecule has 1 aromatic heterocycles. The van der Waals surface area contributed by atoms with Crippen molar-refractivity contribution in [2.45, 2.75) is 19.3 Å². The molecule has 53 heavy (non-hydrogen) atoms. The molecule has 1 nitrogen and oxygen atoms in total. The molecular formula is C51H35NS. The zero-order valence-corrected chi connectivity index (χ0v) is 30.4. The third-order valence-electron chi connectivity index (χ3n) is 11.7. The third kappa shape index (κ3) is 4.43. The highest BCUT2D eigenvalue weighted by atomic mass is 32.1. The van der Waals surface area contributed by atoms with Crippen LogP contribution in [0.3, 0.4) is 0 Å². The molecule has 0 spiro atoms. The first-order chi connectivity index (χ1) is 26.1. The molecule has 0 fully saturated rings. The van der Waals surface area contributed by atoms with E-state index in [1.165, 1.54) is 98.3 Å². The van der Waals surface area contributed by atoms with Crippen molar-refractivity contribution in [2.24, 2.45) is 0 Å².